The molecule has 0 bridgehead atoms. The van der Waals surface area contributed by atoms with Gasteiger partial charge in [0.2, 0.25) is 0 Å². The van der Waals surface area contributed by atoms with Crippen LogP contribution in [0.15, 0.2) is 6.20 Å². The van der Waals surface area contributed by atoms with Crippen molar-refractivity contribution in [1.29, 1.82) is 0 Å². The summed E-state index contributed by atoms with van der Waals surface area (Å²) in [5.41, 5.74) is 0.236. The van der Waals surface area contributed by atoms with Crippen LogP contribution < -0.4 is 5.32 Å². The summed E-state index contributed by atoms with van der Waals surface area (Å²) >= 11 is 0. The third-order valence-corrected chi connectivity index (χ3v) is 8.61. The zero-order chi connectivity index (χ0) is 27.8. The van der Waals surface area contributed by atoms with Gasteiger partial charge in [-0.25, -0.2) is 14.6 Å². The number of aliphatic hydroxyl groups is 4. The van der Waals surface area contributed by atoms with Crippen molar-refractivity contribution in [1.82, 2.24) is 40.4 Å². The third kappa shape index (κ3) is 5.39. The number of H-pyrrole nitrogens is 1. The third-order valence-electron chi connectivity index (χ3n) is 7.12. The van der Waals surface area contributed by atoms with Crippen LogP contribution in [-0.4, -0.2) is 114 Å². The Kier molecular flexibility index (Phi) is 7.91. The number of aromatic amines is 1. The zero-order valence-corrected chi connectivity index (χ0v) is 21.5. The molecule has 0 amide bonds. The largest absolute Gasteiger partial charge is 0.393 e. The minimum absolute atomic E-state index is 0.115. The quantitative estimate of drug-likeness (QED) is 0.107. The Morgan fingerprint density at radius 1 is 1.21 bits per heavy atom. The van der Waals surface area contributed by atoms with Crippen molar-refractivity contribution in [2.45, 2.75) is 62.2 Å². The van der Waals surface area contributed by atoms with E-state index >= 15 is 0 Å². The van der Waals surface area contributed by atoms with Crippen molar-refractivity contribution < 1.29 is 44.3 Å². The topological polar surface area (TPSA) is 267 Å². The molecule has 5 atom stereocenters. The van der Waals surface area contributed by atoms with E-state index in [4.69, 9.17) is 9.47 Å². The van der Waals surface area contributed by atoms with Crippen LogP contribution in [-0.2, 0) is 27.1 Å². The van der Waals surface area contributed by atoms with Crippen molar-refractivity contribution in [2.75, 3.05) is 25.1 Å². The minimum atomic E-state index is -5.12. The van der Waals surface area contributed by atoms with Crippen LogP contribution in [0.1, 0.15) is 37.1 Å². The number of rotatable bonds is 12. The number of aromatic nitrogens is 8. The van der Waals surface area contributed by atoms with Crippen LogP contribution in [0.25, 0.3) is 11.0 Å². The molecule has 1 saturated heterocycles. The fourth-order valence-electron chi connectivity index (χ4n) is 4.54. The molecule has 0 spiro atoms. The van der Waals surface area contributed by atoms with Crippen molar-refractivity contribution in [2.24, 2.45) is 5.92 Å². The minimum Gasteiger partial charge on any atom is -0.393 e. The lowest BCUT2D eigenvalue weighted by atomic mass is 9.85. The second kappa shape index (κ2) is 11.1. The molecule has 3 aromatic heterocycles. The highest BCUT2D eigenvalue weighted by molar-refractivity contribution is 7.53. The molecule has 1 aliphatic heterocycles. The molecule has 2 aliphatic rings. The van der Waals surface area contributed by atoms with Crippen LogP contribution >= 0.6 is 7.60 Å². The number of aliphatic hydroxyl groups excluding tert-OH is 4. The van der Waals surface area contributed by atoms with E-state index in [2.05, 4.69) is 41.0 Å². The Hall–Kier alpha value is -2.67. The van der Waals surface area contributed by atoms with Crippen molar-refractivity contribution in [3.63, 3.8) is 0 Å². The van der Waals surface area contributed by atoms with E-state index in [1.54, 1.807) is 0 Å². The number of hydrogen-bond acceptors (Lipinski definition) is 14. The Labute approximate surface area is 220 Å². The predicted octanol–water partition coefficient (Wildman–Crippen LogP) is -2.21. The van der Waals surface area contributed by atoms with E-state index in [-0.39, 0.29) is 17.3 Å². The number of ether oxygens (including phenoxy) is 2. The number of nitrogens with one attached hydrogen (secondary N) is 2. The van der Waals surface area contributed by atoms with E-state index in [0.717, 1.165) is 12.8 Å². The van der Waals surface area contributed by atoms with E-state index < -0.39 is 63.7 Å². The van der Waals surface area contributed by atoms with Crippen molar-refractivity contribution in [3.8, 4) is 0 Å². The molecule has 1 saturated carbocycles. The second-order valence-corrected chi connectivity index (χ2v) is 11.6. The lowest BCUT2D eigenvalue weighted by molar-refractivity contribution is -0.109. The van der Waals surface area contributed by atoms with E-state index in [9.17, 15) is 34.8 Å². The molecule has 1 unspecified atom stereocenters. The molecule has 19 heteroatoms. The molecule has 214 valence electrons. The normalized spacial score (nSPS) is 25.6. The van der Waals surface area contributed by atoms with E-state index in [0.29, 0.717) is 23.7 Å². The molecule has 0 radical (unpaired) electrons. The Morgan fingerprint density at radius 3 is 2.62 bits per heavy atom. The summed E-state index contributed by atoms with van der Waals surface area (Å²) in [6.07, 6.45) is -1.33. The molecule has 5 rings (SSSR count). The smallest absolute Gasteiger partial charge is 0.359 e. The maximum atomic E-state index is 12.3. The van der Waals surface area contributed by atoms with Gasteiger partial charge in [-0.3, -0.25) is 4.57 Å². The number of anilines is 1. The highest BCUT2D eigenvalue weighted by Crippen LogP contribution is 2.53. The second-order valence-electron chi connectivity index (χ2n) is 9.66. The lowest BCUT2D eigenvalue weighted by Crippen LogP contribution is -2.43. The van der Waals surface area contributed by atoms with E-state index in [1.807, 2.05) is 0 Å². The lowest BCUT2D eigenvalue weighted by Gasteiger charge is -2.32. The van der Waals surface area contributed by atoms with Crippen molar-refractivity contribution in [3.05, 3.63) is 17.8 Å². The Bertz CT molecular complexity index is 1320. The molecular weight excluding hydrogens is 541 g/mol. The fraction of sp³-hybridized carbons (Fsp3) is 0.700. The zero-order valence-electron chi connectivity index (χ0n) is 20.6. The molecule has 4 heterocycles. The molecule has 0 aromatic carbocycles. The van der Waals surface area contributed by atoms with Crippen molar-refractivity contribution >= 4 is 24.4 Å². The van der Waals surface area contributed by atoms with Crippen LogP contribution in [0.3, 0.4) is 0 Å². The fourth-order valence-corrected chi connectivity index (χ4v) is 5.32. The SMILES string of the molecule is O=P(O)(O)C(CO)(Cc1nn[nH]n1)OC[C@H]1O[C@@H](n2ncc3c(NCC4CCC4)nc(CO)nc32)[C@H](O)[C@@H]1O. The van der Waals surface area contributed by atoms with Gasteiger partial charge in [0, 0.05) is 6.54 Å². The summed E-state index contributed by atoms with van der Waals surface area (Å²) in [6.45, 7) is -1.48. The maximum absolute atomic E-state index is 12.3. The van der Waals surface area contributed by atoms with Gasteiger partial charge in [-0.05, 0) is 18.8 Å². The highest BCUT2D eigenvalue weighted by Gasteiger charge is 2.52. The van der Waals surface area contributed by atoms with Crippen LogP contribution in [0.4, 0.5) is 5.82 Å². The monoisotopic (exact) mass is 571 g/mol. The molecule has 3 aromatic rings. The van der Waals surface area contributed by atoms with Gasteiger partial charge < -0.3 is 45.0 Å². The van der Waals surface area contributed by atoms with Crippen LogP contribution in [0, 0.1) is 5.92 Å². The van der Waals surface area contributed by atoms with Gasteiger partial charge in [-0.2, -0.15) is 10.3 Å². The summed E-state index contributed by atoms with van der Waals surface area (Å²) in [4.78, 5) is 28.5. The summed E-state index contributed by atoms with van der Waals surface area (Å²) in [7, 11) is -5.12. The summed E-state index contributed by atoms with van der Waals surface area (Å²) in [5.74, 6) is 0.982. The summed E-state index contributed by atoms with van der Waals surface area (Å²) < 4.78 is 24.8. The molecule has 39 heavy (non-hydrogen) atoms. The van der Waals surface area contributed by atoms with Gasteiger partial charge in [-0.15, -0.1) is 10.2 Å². The van der Waals surface area contributed by atoms with Gasteiger partial charge in [-0.1, -0.05) is 11.6 Å². The number of fused-ring (bicyclic) bond motifs is 1. The highest BCUT2D eigenvalue weighted by atomic mass is 31.2. The molecule has 1 aliphatic carbocycles. The van der Waals surface area contributed by atoms with Gasteiger partial charge in [0.1, 0.15) is 30.7 Å². The van der Waals surface area contributed by atoms with E-state index in [1.165, 1.54) is 17.3 Å². The molecule has 2 fully saturated rings. The average molecular weight is 571 g/mol. The van der Waals surface area contributed by atoms with Crippen LogP contribution in [0.2, 0.25) is 0 Å². The van der Waals surface area contributed by atoms with Gasteiger partial charge >= 0.3 is 7.60 Å². The van der Waals surface area contributed by atoms with Gasteiger partial charge in [0.05, 0.1) is 31.2 Å². The first-order valence-corrected chi connectivity index (χ1v) is 13.9. The first kappa shape index (κ1) is 27.9. The van der Waals surface area contributed by atoms with Crippen LogP contribution in [0.5, 0.6) is 0 Å². The number of nitrogens with zero attached hydrogens (tertiary/aromatic N) is 7. The molecule has 18 nitrogen and oxygen atoms in total. The van der Waals surface area contributed by atoms with Gasteiger partial charge in [0.15, 0.2) is 28.9 Å². The predicted molar refractivity (Wildman–Crippen MR) is 129 cm³/mol. The average Bonchev–Trinajstić information content (AvgIpc) is 3.61. The molecular formula is C20H30N9O9P. The standard InChI is InChI=1S/C20H30N9O9P/c30-7-14-23-17(21-5-10-2-1-3-10)11-6-22-29(18(11)24-14)19-16(33)15(32)12(38-19)8-37-20(9-31,39(34,35)36)4-13-25-27-28-26-13/h6,10,12,15-16,19,30-33H,1-5,7-9H2,(H,21,23,24)(H2,34,35,36)(H,25,26,27,28)/t12-,15-,16-,19-,20?/m1/s1. The number of hydrogen-bond donors (Lipinski definition) is 8. The first-order chi connectivity index (χ1) is 18.7. The Morgan fingerprint density at radius 2 is 2.00 bits per heavy atom. The maximum Gasteiger partial charge on any atom is 0.359 e. The Balaban J connectivity index is 1.36. The first-order valence-electron chi connectivity index (χ1n) is 12.3. The molecule has 8 N–H and O–H groups in total. The summed E-state index contributed by atoms with van der Waals surface area (Å²) in [5, 5.41) is 59.4. The summed E-state index contributed by atoms with van der Waals surface area (Å²) in [6, 6.07) is 0. The number of tetrazole rings is 1. The van der Waals surface area contributed by atoms with Gasteiger partial charge in [0.25, 0.3) is 0 Å².